The molecule has 0 saturated carbocycles. The van der Waals surface area contributed by atoms with Gasteiger partial charge in [-0.05, 0) is 6.07 Å². The van der Waals surface area contributed by atoms with Crippen molar-refractivity contribution in [1.29, 1.82) is 0 Å². The van der Waals surface area contributed by atoms with E-state index in [0.29, 0.717) is 18.1 Å². The van der Waals surface area contributed by atoms with Crippen molar-refractivity contribution in [3.05, 3.63) is 56.4 Å². The predicted molar refractivity (Wildman–Crippen MR) is 81.1 cm³/mol. The van der Waals surface area contributed by atoms with E-state index in [4.69, 9.17) is 0 Å². The molecule has 0 fully saturated rings. The second kappa shape index (κ2) is 9.92. The lowest BCUT2D eigenvalue weighted by Crippen LogP contribution is -2.18. The Morgan fingerprint density at radius 1 is 0.955 bits per heavy atom. The van der Waals surface area contributed by atoms with Crippen molar-refractivity contribution < 1.29 is 9.59 Å². The average Bonchev–Trinajstić information content (AvgIpc) is 2.55. The third kappa shape index (κ3) is 6.04. The van der Waals surface area contributed by atoms with Gasteiger partial charge in [-0.15, -0.1) is 0 Å². The first kappa shape index (κ1) is 19.1. The number of hydrogen-bond acceptors (Lipinski definition) is 6. The summed E-state index contributed by atoms with van der Waals surface area (Å²) in [6.45, 7) is 4.00. The van der Waals surface area contributed by atoms with Crippen molar-refractivity contribution in [2.24, 2.45) is 14.1 Å². The topological polar surface area (TPSA) is 104 Å². The summed E-state index contributed by atoms with van der Waals surface area (Å²) in [6.07, 6.45) is 2.53. The van der Waals surface area contributed by atoms with Gasteiger partial charge in [0.05, 0.1) is 6.20 Å². The molecule has 2 rings (SSSR count). The van der Waals surface area contributed by atoms with Crippen LogP contribution in [0.15, 0.2) is 34.0 Å². The van der Waals surface area contributed by atoms with Crippen molar-refractivity contribution in [2.45, 2.75) is 13.8 Å². The molecule has 118 valence electrons. The molecule has 0 aliphatic carbocycles. The van der Waals surface area contributed by atoms with E-state index < -0.39 is 0 Å². The molecular weight excluding hydrogens is 288 g/mol. The zero-order chi connectivity index (χ0) is 17.1. The van der Waals surface area contributed by atoms with Gasteiger partial charge < -0.3 is 0 Å². The van der Waals surface area contributed by atoms with Crippen molar-refractivity contribution in [1.82, 2.24) is 19.6 Å². The number of rotatable bonds is 2. The summed E-state index contributed by atoms with van der Waals surface area (Å²) in [7, 11) is 3.02. The molecule has 0 spiro atoms. The Morgan fingerprint density at radius 3 is 2.05 bits per heavy atom. The number of nitrogens with zero attached hydrogens (tertiary/aromatic N) is 4. The molecule has 0 radical (unpaired) electrons. The fraction of sp³-hybridized carbons (Fsp3) is 0.286. The Balaban J connectivity index is 0.000000360. The van der Waals surface area contributed by atoms with Gasteiger partial charge in [-0.2, -0.15) is 10.2 Å². The molecule has 0 bridgehead atoms. The fourth-order valence-corrected chi connectivity index (χ4v) is 1.13. The molecule has 0 aliphatic rings. The van der Waals surface area contributed by atoms with E-state index >= 15 is 0 Å². The van der Waals surface area contributed by atoms with Crippen LogP contribution in [-0.2, 0) is 14.1 Å². The fourth-order valence-electron chi connectivity index (χ4n) is 1.13. The zero-order valence-corrected chi connectivity index (χ0v) is 12.9. The minimum atomic E-state index is -0.274. The summed E-state index contributed by atoms with van der Waals surface area (Å²) in [5.74, 6) is 0. The van der Waals surface area contributed by atoms with Gasteiger partial charge in [0.2, 0.25) is 0 Å². The summed E-state index contributed by atoms with van der Waals surface area (Å²) in [6, 6.07) is 3.92. The molecule has 22 heavy (non-hydrogen) atoms. The summed E-state index contributed by atoms with van der Waals surface area (Å²) in [5, 5.41) is 7.25. The van der Waals surface area contributed by atoms with Crippen LogP contribution in [-0.4, -0.2) is 32.1 Å². The maximum Gasteiger partial charge on any atom is 0.267 e. The Morgan fingerprint density at radius 2 is 1.59 bits per heavy atom. The summed E-state index contributed by atoms with van der Waals surface area (Å²) >= 11 is 0. The highest BCUT2D eigenvalue weighted by atomic mass is 16.1. The number of hydrogen-bond donors (Lipinski definition) is 0. The molecular formula is C14H18N4O4. The van der Waals surface area contributed by atoms with Gasteiger partial charge >= 0.3 is 0 Å². The third-order valence-corrected chi connectivity index (χ3v) is 2.23. The van der Waals surface area contributed by atoms with E-state index in [1.165, 1.54) is 38.5 Å². The van der Waals surface area contributed by atoms with E-state index in [9.17, 15) is 19.2 Å². The maximum atomic E-state index is 10.7. The molecule has 0 N–H and O–H groups in total. The SMILES string of the molecule is CC.Cn1nc(C=O)ccc1=O.Cn1ncc(C=O)cc1=O. The molecule has 2 heterocycles. The minimum absolute atomic E-state index is 0.217. The Labute approximate surface area is 127 Å². The number of aldehydes is 2. The van der Waals surface area contributed by atoms with Crippen molar-refractivity contribution in [2.75, 3.05) is 0 Å². The van der Waals surface area contributed by atoms with Crippen LogP contribution < -0.4 is 11.1 Å². The number of aryl methyl sites for hydroxylation is 2. The normalized spacial score (nSPS) is 8.73. The highest BCUT2D eigenvalue weighted by Gasteiger charge is 1.93. The third-order valence-electron chi connectivity index (χ3n) is 2.23. The first-order valence-corrected chi connectivity index (χ1v) is 6.46. The average molecular weight is 306 g/mol. The maximum absolute atomic E-state index is 10.7. The molecule has 0 atom stereocenters. The monoisotopic (exact) mass is 306 g/mol. The summed E-state index contributed by atoms with van der Waals surface area (Å²) in [5.41, 5.74) is 0.0837. The quantitative estimate of drug-likeness (QED) is 0.735. The standard InChI is InChI=1S/2C6H6N2O2.C2H6/c1-8-6(10)2-5(4-9)3-7-8;1-8-6(10)3-2-5(4-9)7-8;1-2/h2*2-4H,1H3;1-2H3. The lowest BCUT2D eigenvalue weighted by molar-refractivity contribution is 0.111. The number of carbonyl (C=O) groups excluding carboxylic acids is 2. The van der Waals surface area contributed by atoms with Crippen LogP contribution in [0.25, 0.3) is 0 Å². The molecule has 2 aromatic heterocycles. The van der Waals surface area contributed by atoms with Crippen LogP contribution in [0.2, 0.25) is 0 Å². The van der Waals surface area contributed by atoms with Crippen LogP contribution in [0.4, 0.5) is 0 Å². The second-order valence-electron chi connectivity index (χ2n) is 3.71. The predicted octanol–water partition coefficient (Wildman–Crippen LogP) is 0.212. The largest absolute Gasteiger partial charge is 0.298 e. The van der Waals surface area contributed by atoms with E-state index in [-0.39, 0.29) is 16.8 Å². The van der Waals surface area contributed by atoms with E-state index in [2.05, 4.69) is 10.2 Å². The van der Waals surface area contributed by atoms with Crippen LogP contribution in [0, 0.1) is 0 Å². The minimum Gasteiger partial charge on any atom is -0.298 e. The summed E-state index contributed by atoms with van der Waals surface area (Å²) in [4.78, 5) is 41.6. The Bertz CT molecular complexity index is 734. The van der Waals surface area contributed by atoms with Gasteiger partial charge in [0.25, 0.3) is 11.1 Å². The lowest BCUT2D eigenvalue weighted by atomic mass is 10.3. The molecule has 0 aliphatic heterocycles. The molecule has 0 aromatic carbocycles. The number of aromatic nitrogens is 4. The van der Waals surface area contributed by atoms with E-state index in [1.807, 2.05) is 13.8 Å². The lowest BCUT2D eigenvalue weighted by Gasteiger charge is -1.92. The molecule has 8 nitrogen and oxygen atoms in total. The van der Waals surface area contributed by atoms with Crippen LogP contribution in [0.3, 0.4) is 0 Å². The molecule has 8 heteroatoms. The smallest absolute Gasteiger partial charge is 0.267 e. The van der Waals surface area contributed by atoms with Gasteiger partial charge in [0.15, 0.2) is 12.6 Å². The van der Waals surface area contributed by atoms with Crippen molar-refractivity contribution >= 4 is 12.6 Å². The Kier molecular flexibility index (Phi) is 8.61. The van der Waals surface area contributed by atoms with E-state index in [0.717, 1.165) is 9.36 Å². The first-order chi connectivity index (χ1) is 10.5. The van der Waals surface area contributed by atoms with Crippen LogP contribution >= 0.6 is 0 Å². The van der Waals surface area contributed by atoms with Gasteiger partial charge in [-0.3, -0.25) is 19.2 Å². The van der Waals surface area contributed by atoms with E-state index in [1.54, 1.807) is 0 Å². The second-order valence-corrected chi connectivity index (χ2v) is 3.71. The van der Waals surface area contributed by atoms with Gasteiger partial charge in [-0.25, -0.2) is 9.36 Å². The molecule has 0 saturated heterocycles. The highest BCUT2D eigenvalue weighted by Crippen LogP contribution is 1.82. The summed E-state index contributed by atoms with van der Waals surface area (Å²) < 4.78 is 2.27. The molecule has 0 unspecified atom stereocenters. The number of carbonyl (C=O) groups is 2. The van der Waals surface area contributed by atoms with Crippen LogP contribution in [0.1, 0.15) is 34.7 Å². The molecule has 0 amide bonds. The van der Waals surface area contributed by atoms with Crippen molar-refractivity contribution in [3.8, 4) is 0 Å². The van der Waals surface area contributed by atoms with Gasteiger partial charge in [-0.1, -0.05) is 13.8 Å². The first-order valence-electron chi connectivity index (χ1n) is 6.46. The van der Waals surface area contributed by atoms with Gasteiger partial charge in [0.1, 0.15) is 5.69 Å². The zero-order valence-electron chi connectivity index (χ0n) is 12.9. The van der Waals surface area contributed by atoms with Crippen LogP contribution in [0.5, 0.6) is 0 Å². The highest BCUT2D eigenvalue weighted by molar-refractivity contribution is 5.73. The molecule has 2 aromatic rings. The Hall–Kier alpha value is -2.90. The van der Waals surface area contributed by atoms with Gasteiger partial charge in [0, 0.05) is 31.8 Å². The van der Waals surface area contributed by atoms with Crippen molar-refractivity contribution in [3.63, 3.8) is 0 Å².